The quantitative estimate of drug-likeness (QED) is 0.431. The van der Waals surface area contributed by atoms with E-state index in [1.54, 1.807) is 0 Å². The van der Waals surface area contributed by atoms with E-state index in [0.717, 1.165) is 18.5 Å². The van der Waals surface area contributed by atoms with Crippen LogP contribution in [0.1, 0.15) is 12.8 Å². The van der Waals surface area contributed by atoms with Crippen molar-refractivity contribution in [1.82, 2.24) is 5.32 Å². The number of fused-ring (bicyclic) bond motifs is 2. The highest BCUT2D eigenvalue weighted by atomic mass is 16.4. The summed E-state index contributed by atoms with van der Waals surface area (Å²) in [6.07, 6.45) is 9.04. The van der Waals surface area contributed by atoms with E-state index in [1.807, 2.05) is 12.2 Å². The molecule has 3 aliphatic rings. The van der Waals surface area contributed by atoms with Gasteiger partial charge in [0.1, 0.15) is 6.10 Å². The van der Waals surface area contributed by atoms with Gasteiger partial charge in [-0.15, -0.1) is 0 Å². The van der Waals surface area contributed by atoms with Gasteiger partial charge >= 0.3 is 0 Å². The zero-order valence-corrected chi connectivity index (χ0v) is 9.50. The molecule has 1 saturated carbocycles. The minimum Gasteiger partial charge on any atom is -0.411 e. The van der Waals surface area contributed by atoms with Gasteiger partial charge in [0.05, 0.1) is 5.71 Å². The smallest absolute Gasteiger partial charge is 0.119 e. The maximum Gasteiger partial charge on any atom is 0.119 e. The Hall–Kier alpha value is -1.39. The summed E-state index contributed by atoms with van der Waals surface area (Å²) in [6.45, 7) is 0.919. The fourth-order valence-electron chi connectivity index (χ4n) is 2.97. The molecule has 0 saturated heterocycles. The molecule has 1 fully saturated rings. The number of rotatable bonds is 0. The molecule has 0 aromatic rings. The predicted molar refractivity (Wildman–Crippen MR) is 65.0 cm³/mol. The second-order valence-corrected chi connectivity index (χ2v) is 4.75. The van der Waals surface area contributed by atoms with Gasteiger partial charge in [0.2, 0.25) is 0 Å². The van der Waals surface area contributed by atoms with Crippen molar-refractivity contribution in [2.75, 3.05) is 6.54 Å². The average Bonchev–Trinajstić information content (AvgIpc) is 2.38. The van der Waals surface area contributed by atoms with E-state index >= 15 is 0 Å². The first-order valence-electron chi connectivity index (χ1n) is 6.02. The first kappa shape index (κ1) is 10.7. The lowest BCUT2D eigenvalue weighted by atomic mass is 9.76. The van der Waals surface area contributed by atoms with Crippen LogP contribution in [0, 0.1) is 5.92 Å². The molecular formula is C13H16N2O2. The number of allylic oxidation sites excluding steroid dienone is 3. The largest absolute Gasteiger partial charge is 0.411 e. The summed E-state index contributed by atoms with van der Waals surface area (Å²) in [7, 11) is 0. The van der Waals surface area contributed by atoms with Crippen LogP contribution in [0.4, 0.5) is 0 Å². The van der Waals surface area contributed by atoms with Crippen LogP contribution in [-0.2, 0) is 0 Å². The maximum atomic E-state index is 10.3. The molecule has 90 valence electrons. The SMILES string of the molecule is ON=C1CCC2NCC3C=CC=CC3=C2C1O. The van der Waals surface area contributed by atoms with Crippen LogP contribution in [0.3, 0.4) is 0 Å². The van der Waals surface area contributed by atoms with Crippen molar-refractivity contribution in [2.45, 2.75) is 25.0 Å². The highest BCUT2D eigenvalue weighted by molar-refractivity contribution is 5.92. The third-order valence-electron chi connectivity index (χ3n) is 3.85. The van der Waals surface area contributed by atoms with Crippen LogP contribution in [0.15, 0.2) is 40.6 Å². The summed E-state index contributed by atoms with van der Waals surface area (Å²) in [4.78, 5) is 0. The van der Waals surface area contributed by atoms with E-state index in [0.29, 0.717) is 18.1 Å². The Morgan fingerprint density at radius 2 is 2.24 bits per heavy atom. The molecule has 0 aromatic heterocycles. The monoisotopic (exact) mass is 232 g/mol. The highest BCUT2D eigenvalue weighted by Crippen LogP contribution is 2.34. The molecule has 1 heterocycles. The normalized spacial score (nSPS) is 38.2. The van der Waals surface area contributed by atoms with Crippen molar-refractivity contribution in [3.8, 4) is 0 Å². The first-order chi connectivity index (χ1) is 8.31. The lowest BCUT2D eigenvalue weighted by Crippen LogP contribution is -2.49. The van der Waals surface area contributed by atoms with Gasteiger partial charge in [-0.3, -0.25) is 0 Å². The standard InChI is InChI=1S/C13H16N2O2/c16-13-11(15-17)6-5-10-12(13)9-4-2-1-3-8(9)7-14-10/h1-4,8,10,13-14,16-17H,5-7H2. The highest BCUT2D eigenvalue weighted by Gasteiger charge is 2.37. The molecule has 4 heteroatoms. The minimum atomic E-state index is -0.736. The van der Waals surface area contributed by atoms with Crippen molar-refractivity contribution >= 4 is 5.71 Å². The van der Waals surface area contributed by atoms with Crippen LogP contribution in [0.5, 0.6) is 0 Å². The molecule has 3 rings (SSSR count). The minimum absolute atomic E-state index is 0.220. The van der Waals surface area contributed by atoms with Gasteiger partial charge in [0.15, 0.2) is 0 Å². The molecule has 0 aromatic carbocycles. The summed E-state index contributed by atoms with van der Waals surface area (Å²) >= 11 is 0. The summed E-state index contributed by atoms with van der Waals surface area (Å²) < 4.78 is 0. The van der Waals surface area contributed by atoms with E-state index in [2.05, 4.69) is 22.6 Å². The number of oxime groups is 1. The predicted octanol–water partition coefficient (Wildman–Crippen LogP) is 0.982. The number of aliphatic hydroxyl groups excluding tert-OH is 1. The van der Waals surface area contributed by atoms with E-state index in [1.165, 1.54) is 5.57 Å². The first-order valence-corrected chi connectivity index (χ1v) is 6.02. The number of hydrogen-bond acceptors (Lipinski definition) is 4. The van der Waals surface area contributed by atoms with Gasteiger partial charge in [-0.2, -0.15) is 0 Å². The summed E-state index contributed by atoms with van der Waals surface area (Å²) in [5.74, 6) is 0.332. The second kappa shape index (κ2) is 4.13. The van der Waals surface area contributed by atoms with Crippen molar-refractivity contribution < 1.29 is 10.3 Å². The van der Waals surface area contributed by atoms with Crippen LogP contribution in [0.25, 0.3) is 0 Å². The Labute approximate surface area is 100 Å². The second-order valence-electron chi connectivity index (χ2n) is 4.75. The van der Waals surface area contributed by atoms with Gasteiger partial charge in [-0.1, -0.05) is 29.5 Å². The summed E-state index contributed by atoms with van der Waals surface area (Å²) in [6, 6.07) is 0.220. The fraction of sp³-hybridized carbons (Fsp3) is 0.462. The fourth-order valence-corrected chi connectivity index (χ4v) is 2.97. The zero-order valence-electron chi connectivity index (χ0n) is 9.50. The van der Waals surface area contributed by atoms with Gasteiger partial charge < -0.3 is 15.6 Å². The topological polar surface area (TPSA) is 64.9 Å². The third-order valence-corrected chi connectivity index (χ3v) is 3.85. The molecule has 0 spiro atoms. The van der Waals surface area contributed by atoms with Crippen LogP contribution in [-0.4, -0.2) is 34.7 Å². The van der Waals surface area contributed by atoms with Crippen molar-refractivity contribution in [1.29, 1.82) is 0 Å². The summed E-state index contributed by atoms with van der Waals surface area (Å²) in [5, 5.41) is 25.8. The number of aliphatic hydroxyl groups is 1. The van der Waals surface area contributed by atoms with Crippen molar-refractivity contribution in [3.63, 3.8) is 0 Å². The van der Waals surface area contributed by atoms with E-state index in [4.69, 9.17) is 5.21 Å². The van der Waals surface area contributed by atoms with Crippen LogP contribution >= 0.6 is 0 Å². The summed E-state index contributed by atoms with van der Waals surface area (Å²) in [5.41, 5.74) is 2.65. The molecule has 3 unspecified atom stereocenters. The Morgan fingerprint density at radius 3 is 3.06 bits per heavy atom. The number of nitrogens with zero attached hydrogens (tertiary/aromatic N) is 1. The molecule has 2 aliphatic carbocycles. The zero-order chi connectivity index (χ0) is 11.8. The molecule has 0 radical (unpaired) electrons. The van der Waals surface area contributed by atoms with Gasteiger partial charge in [-0.05, 0) is 24.0 Å². The van der Waals surface area contributed by atoms with Gasteiger partial charge in [0.25, 0.3) is 0 Å². The van der Waals surface area contributed by atoms with Crippen molar-refractivity contribution in [3.05, 3.63) is 35.5 Å². The van der Waals surface area contributed by atoms with Gasteiger partial charge in [-0.25, -0.2) is 0 Å². The molecule has 4 nitrogen and oxygen atoms in total. The van der Waals surface area contributed by atoms with E-state index in [9.17, 15) is 5.11 Å². The number of hydrogen-bond donors (Lipinski definition) is 3. The average molecular weight is 232 g/mol. The van der Waals surface area contributed by atoms with E-state index in [-0.39, 0.29) is 6.04 Å². The molecule has 3 atom stereocenters. The number of nitrogens with one attached hydrogen (secondary N) is 1. The lowest BCUT2D eigenvalue weighted by molar-refractivity contribution is 0.227. The molecule has 17 heavy (non-hydrogen) atoms. The van der Waals surface area contributed by atoms with Crippen molar-refractivity contribution in [2.24, 2.45) is 11.1 Å². The van der Waals surface area contributed by atoms with E-state index < -0.39 is 6.10 Å². The lowest BCUT2D eigenvalue weighted by Gasteiger charge is -2.39. The van der Waals surface area contributed by atoms with Gasteiger partial charge in [0, 0.05) is 18.5 Å². The molecular weight excluding hydrogens is 216 g/mol. The molecule has 0 amide bonds. The molecule has 0 bridgehead atoms. The molecule has 1 aliphatic heterocycles. The molecule has 3 N–H and O–H groups in total. The Kier molecular flexibility index (Phi) is 2.61. The van der Waals surface area contributed by atoms with Crippen LogP contribution in [0.2, 0.25) is 0 Å². The maximum absolute atomic E-state index is 10.3. The Bertz CT molecular complexity index is 448. The van der Waals surface area contributed by atoms with Crippen LogP contribution < -0.4 is 5.32 Å². The Balaban J connectivity index is 2.06. The Morgan fingerprint density at radius 1 is 1.35 bits per heavy atom. The third kappa shape index (κ3) is 1.64.